The molecule has 2 aliphatic rings. The molecule has 0 heterocycles. The first kappa shape index (κ1) is 15.7. The van der Waals surface area contributed by atoms with Crippen molar-refractivity contribution < 1.29 is 9.22 Å². The van der Waals surface area contributed by atoms with Crippen LogP contribution in [0.1, 0.15) is 52.9 Å². The molecule has 2 nitrogen and oxygen atoms in total. The fourth-order valence-electron chi connectivity index (χ4n) is 3.26. The first-order valence-electron chi connectivity index (χ1n) is 7.42. The Kier molecular flexibility index (Phi) is 4.10. The fraction of sp³-hybridized carbons (Fsp3) is 0.933. The van der Waals surface area contributed by atoms with Crippen LogP contribution in [0.25, 0.3) is 0 Å². The van der Waals surface area contributed by atoms with E-state index in [4.69, 9.17) is 4.43 Å². The number of ketones is 1. The third kappa shape index (κ3) is 2.86. The van der Waals surface area contributed by atoms with Crippen molar-refractivity contribution in [2.75, 3.05) is 0 Å². The molecule has 4 heteroatoms. The lowest BCUT2D eigenvalue weighted by Gasteiger charge is -2.42. The van der Waals surface area contributed by atoms with Gasteiger partial charge in [0.05, 0.1) is 10.9 Å². The van der Waals surface area contributed by atoms with Gasteiger partial charge in [0.1, 0.15) is 5.78 Å². The molecule has 0 aromatic heterocycles. The van der Waals surface area contributed by atoms with Crippen LogP contribution in [0.3, 0.4) is 0 Å². The van der Waals surface area contributed by atoms with E-state index in [2.05, 4.69) is 49.8 Å². The summed E-state index contributed by atoms with van der Waals surface area (Å²) in [4.78, 5) is 12.0. The summed E-state index contributed by atoms with van der Waals surface area (Å²) in [5.74, 6) is 0.380. The Balaban J connectivity index is 2.15. The second-order valence-electron chi connectivity index (χ2n) is 7.94. The van der Waals surface area contributed by atoms with E-state index < -0.39 is 8.32 Å². The molecule has 1 unspecified atom stereocenters. The number of hydrogen-bond acceptors (Lipinski definition) is 2. The average molecular weight is 347 g/mol. The summed E-state index contributed by atoms with van der Waals surface area (Å²) in [6.45, 7) is 11.5. The third-order valence-corrected chi connectivity index (χ3v) is 10.8. The lowest BCUT2D eigenvalue weighted by Crippen LogP contribution is -2.47. The highest BCUT2D eigenvalue weighted by Gasteiger charge is 2.54. The molecule has 3 atom stereocenters. The standard InChI is InChI=1S/C15H27BrO2Si/c1-14(2,3)19(4,5)18-13-7-6-8-15(13)9-11(16)12(17)10-15/h11,13H,6-10H2,1-5H3/t11?,13-,15-/m0/s1. The van der Waals surface area contributed by atoms with Gasteiger partial charge in [-0.25, -0.2) is 0 Å². The van der Waals surface area contributed by atoms with E-state index in [0.717, 1.165) is 19.3 Å². The summed E-state index contributed by atoms with van der Waals surface area (Å²) in [5, 5.41) is 0.243. The zero-order chi connectivity index (χ0) is 14.5. The van der Waals surface area contributed by atoms with Crippen LogP contribution < -0.4 is 0 Å². The van der Waals surface area contributed by atoms with Gasteiger partial charge in [-0.1, -0.05) is 43.1 Å². The minimum atomic E-state index is -1.73. The van der Waals surface area contributed by atoms with Gasteiger partial charge in [0.2, 0.25) is 0 Å². The average Bonchev–Trinajstić information content (AvgIpc) is 2.71. The molecule has 2 rings (SSSR count). The maximum atomic E-state index is 12.0. The van der Waals surface area contributed by atoms with E-state index in [0.29, 0.717) is 11.9 Å². The van der Waals surface area contributed by atoms with E-state index in [1.807, 2.05) is 0 Å². The molecule has 19 heavy (non-hydrogen) atoms. The molecule has 0 aliphatic heterocycles. The van der Waals surface area contributed by atoms with Crippen molar-refractivity contribution in [1.29, 1.82) is 0 Å². The van der Waals surface area contributed by atoms with Crippen LogP contribution in [0.5, 0.6) is 0 Å². The number of hydrogen-bond donors (Lipinski definition) is 0. The summed E-state index contributed by atoms with van der Waals surface area (Å²) in [6, 6.07) is 0. The number of alkyl halides is 1. The predicted octanol–water partition coefficient (Wildman–Crippen LogP) is 4.67. The highest BCUT2D eigenvalue weighted by atomic mass is 79.9. The highest BCUT2D eigenvalue weighted by Crippen LogP contribution is 2.54. The van der Waals surface area contributed by atoms with Crippen LogP contribution >= 0.6 is 15.9 Å². The van der Waals surface area contributed by atoms with E-state index in [-0.39, 0.29) is 15.3 Å². The topological polar surface area (TPSA) is 26.3 Å². The van der Waals surface area contributed by atoms with Crippen molar-refractivity contribution in [2.24, 2.45) is 5.41 Å². The molecule has 0 radical (unpaired) electrons. The van der Waals surface area contributed by atoms with Crippen LogP contribution in [0, 0.1) is 5.41 Å². The first-order chi connectivity index (χ1) is 8.57. The van der Waals surface area contributed by atoms with Crippen LogP contribution in [0.4, 0.5) is 0 Å². The minimum Gasteiger partial charge on any atom is -0.413 e. The van der Waals surface area contributed by atoms with Gasteiger partial charge in [-0.05, 0) is 37.4 Å². The van der Waals surface area contributed by atoms with Crippen molar-refractivity contribution in [3.8, 4) is 0 Å². The summed E-state index contributed by atoms with van der Waals surface area (Å²) < 4.78 is 6.66. The van der Waals surface area contributed by atoms with Crippen molar-refractivity contribution in [2.45, 2.75) is 81.9 Å². The summed E-state index contributed by atoms with van der Waals surface area (Å²) >= 11 is 3.54. The Morgan fingerprint density at radius 3 is 2.47 bits per heavy atom. The van der Waals surface area contributed by atoms with Crippen LogP contribution in [-0.4, -0.2) is 25.0 Å². The molecule has 2 aliphatic carbocycles. The van der Waals surface area contributed by atoms with Gasteiger partial charge in [-0.3, -0.25) is 4.79 Å². The van der Waals surface area contributed by atoms with Crippen molar-refractivity contribution in [3.05, 3.63) is 0 Å². The third-order valence-electron chi connectivity index (χ3n) is 5.53. The largest absolute Gasteiger partial charge is 0.413 e. The molecule has 2 fully saturated rings. The van der Waals surface area contributed by atoms with E-state index in [1.54, 1.807) is 0 Å². The predicted molar refractivity (Wildman–Crippen MR) is 85.3 cm³/mol. The Morgan fingerprint density at radius 1 is 1.37 bits per heavy atom. The number of carbonyl (C=O) groups is 1. The Bertz CT molecular complexity index is 375. The number of carbonyl (C=O) groups excluding carboxylic acids is 1. The smallest absolute Gasteiger partial charge is 0.192 e. The molecule has 0 aromatic carbocycles. The molecule has 2 saturated carbocycles. The second kappa shape index (κ2) is 4.95. The maximum Gasteiger partial charge on any atom is 0.192 e. The minimum absolute atomic E-state index is 0.0658. The van der Waals surface area contributed by atoms with Crippen LogP contribution in [0.15, 0.2) is 0 Å². The van der Waals surface area contributed by atoms with Gasteiger partial charge < -0.3 is 4.43 Å². The molecule has 110 valence electrons. The van der Waals surface area contributed by atoms with E-state index in [9.17, 15) is 4.79 Å². The lowest BCUT2D eigenvalue weighted by molar-refractivity contribution is -0.118. The molecule has 0 saturated heterocycles. The van der Waals surface area contributed by atoms with Gasteiger partial charge in [-0.2, -0.15) is 0 Å². The molecular weight excluding hydrogens is 320 g/mol. The van der Waals surface area contributed by atoms with Crippen LogP contribution in [0.2, 0.25) is 18.1 Å². The maximum absolute atomic E-state index is 12.0. The zero-order valence-electron chi connectivity index (χ0n) is 12.9. The molecule has 0 amide bonds. The second-order valence-corrected chi connectivity index (χ2v) is 13.8. The molecule has 0 bridgehead atoms. The lowest BCUT2D eigenvalue weighted by atomic mass is 9.82. The normalized spacial score (nSPS) is 36.4. The van der Waals surface area contributed by atoms with E-state index >= 15 is 0 Å². The Labute approximate surface area is 126 Å². The van der Waals surface area contributed by atoms with Crippen molar-refractivity contribution in [1.82, 2.24) is 0 Å². The molecule has 0 aromatic rings. The Hall–Kier alpha value is 0.327. The van der Waals surface area contributed by atoms with Crippen LogP contribution in [-0.2, 0) is 9.22 Å². The number of rotatable bonds is 2. The zero-order valence-corrected chi connectivity index (χ0v) is 15.5. The van der Waals surface area contributed by atoms with Gasteiger partial charge in [0.25, 0.3) is 0 Å². The molecule has 0 N–H and O–H groups in total. The van der Waals surface area contributed by atoms with Gasteiger partial charge >= 0.3 is 0 Å². The van der Waals surface area contributed by atoms with Gasteiger partial charge in [0, 0.05) is 11.8 Å². The molecular formula is C15H27BrO2Si. The molecule has 1 spiro atoms. The SMILES string of the molecule is CC(C)(C)[Si](C)(C)O[C@H]1CCC[C@]12CC(=O)C(Br)C2. The quantitative estimate of drug-likeness (QED) is 0.536. The summed E-state index contributed by atoms with van der Waals surface area (Å²) in [7, 11) is -1.73. The number of halogens is 1. The fourth-order valence-corrected chi connectivity index (χ4v) is 5.50. The van der Waals surface area contributed by atoms with Gasteiger partial charge in [-0.15, -0.1) is 0 Å². The van der Waals surface area contributed by atoms with E-state index in [1.165, 1.54) is 12.8 Å². The monoisotopic (exact) mass is 346 g/mol. The number of Topliss-reactive ketones (excluding diaryl/α,β-unsaturated/α-hetero) is 1. The summed E-state index contributed by atoms with van der Waals surface area (Å²) in [6.07, 6.45) is 5.53. The summed E-state index contributed by atoms with van der Waals surface area (Å²) in [5.41, 5.74) is 0.140. The first-order valence-corrected chi connectivity index (χ1v) is 11.2. The van der Waals surface area contributed by atoms with Crippen molar-refractivity contribution >= 4 is 30.0 Å². The Morgan fingerprint density at radius 2 is 2.00 bits per heavy atom. The van der Waals surface area contributed by atoms with Gasteiger partial charge in [0.15, 0.2) is 8.32 Å². The highest BCUT2D eigenvalue weighted by molar-refractivity contribution is 9.10. The van der Waals surface area contributed by atoms with Crippen molar-refractivity contribution in [3.63, 3.8) is 0 Å².